The van der Waals surface area contributed by atoms with Crippen molar-refractivity contribution < 1.29 is 38.3 Å². The second kappa shape index (κ2) is 13.8. The van der Waals surface area contributed by atoms with Gasteiger partial charge in [-0.25, -0.2) is 0 Å². The Kier molecular flexibility index (Phi) is 9.35. The van der Waals surface area contributed by atoms with E-state index in [2.05, 4.69) is 166 Å². The number of rotatable bonds is 8. The van der Waals surface area contributed by atoms with E-state index in [1.54, 1.807) is 45.5 Å². The Morgan fingerprint density at radius 1 is 0.472 bits per heavy atom. The summed E-state index contributed by atoms with van der Waals surface area (Å²) in [4.78, 5) is 0. The van der Waals surface area contributed by atoms with Gasteiger partial charge >= 0.3 is 329 Å². The zero-order valence-corrected chi connectivity index (χ0v) is 40.8. The third-order valence-electron chi connectivity index (χ3n) is 14.6. The fourth-order valence-electron chi connectivity index (χ4n) is 12.3. The molecule has 0 nitrogen and oxygen atoms in total. The van der Waals surface area contributed by atoms with Crippen LogP contribution in [-0.2, 0) is 38.3 Å². The van der Waals surface area contributed by atoms with Crippen molar-refractivity contribution in [2.24, 2.45) is 0 Å². The second-order valence-electron chi connectivity index (χ2n) is 17.4. The molecule has 0 spiro atoms. The average Bonchev–Trinajstić information content (AvgIpc) is 3.94. The number of allylic oxidation sites excluding steroid dienone is 2. The minimum absolute atomic E-state index is 0.721. The molecule has 0 bridgehead atoms. The van der Waals surface area contributed by atoms with Crippen LogP contribution in [0.4, 0.5) is 0 Å². The van der Waals surface area contributed by atoms with Crippen LogP contribution in [0.25, 0.3) is 56.0 Å². The van der Waals surface area contributed by atoms with Gasteiger partial charge in [-0.15, -0.1) is 0 Å². The Morgan fingerprint density at radius 2 is 0.849 bits per heavy atom. The van der Waals surface area contributed by atoms with E-state index in [-0.39, 0.29) is 0 Å². The van der Waals surface area contributed by atoms with Crippen LogP contribution < -0.4 is 0 Å². The summed E-state index contributed by atoms with van der Waals surface area (Å²) in [7, 11) is 0. The van der Waals surface area contributed by atoms with Gasteiger partial charge in [0.05, 0.1) is 0 Å². The van der Waals surface area contributed by atoms with Gasteiger partial charge in [-0.1, -0.05) is 0 Å². The Morgan fingerprint density at radius 3 is 1.28 bits per heavy atom. The molecule has 0 radical (unpaired) electrons. The maximum absolute atomic E-state index is 3.10. The van der Waals surface area contributed by atoms with Crippen molar-refractivity contribution in [2.45, 2.75) is 77.7 Å². The van der Waals surface area contributed by atoms with E-state index in [0.29, 0.717) is 0 Å². The van der Waals surface area contributed by atoms with E-state index in [1.165, 1.54) is 69.5 Å². The van der Waals surface area contributed by atoms with Gasteiger partial charge in [-0.2, -0.15) is 0 Å². The van der Waals surface area contributed by atoms with Crippen LogP contribution in [0.3, 0.4) is 0 Å². The fraction of sp³-hybridized carbons (Fsp3) is 0.280. The summed E-state index contributed by atoms with van der Waals surface area (Å²) < 4.78 is 11.9. The molecule has 3 aliphatic rings. The summed E-state index contributed by atoms with van der Waals surface area (Å²) >= 11 is -6.21. The van der Waals surface area contributed by atoms with Crippen LogP contribution in [0.1, 0.15) is 69.1 Å². The normalized spacial score (nSPS) is 19.4. The molecular weight excluding hydrogens is 986 g/mol. The molecule has 0 N–H and O–H groups in total. The van der Waals surface area contributed by atoms with Gasteiger partial charge in [0.15, 0.2) is 0 Å². The van der Waals surface area contributed by atoms with Crippen LogP contribution in [0.15, 0.2) is 132 Å². The molecule has 2 unspecified atom stereocenters. The summed E-state index contributed by atoms with van der Waals surface area (Å²) in [5, 5.41) is 5.43. The molecule has 0 aromatic heterocycles. The monoisotopic (exact) mass is 1040 g/mol. The molecule has 0 saturated carbocycles. The first kappa shape index (κ1) is 35.9. The third kappa shape index (κ3) is 5.44. The molecular formula is C50H54Hf2Si. The molecule has 6 aromatic rings. The topological polar surface area (TPSA) is 0 Å². The Labute approximate surface area is 326 Å². The van der Waals surface area contributed by atoms with Gasteiger partial charge in [0.2, 0.25) is 0 Å². The van der Waals surface area contributed by atoms with Crippen molar-refractivity contribution in [1.29, 1.82) is 0 Å². The molecule has 6 aromatic carbocycles. The quantitative estimate of drug-likeness (QED) is 0.133. The summed E-state index contributed by atoms with van der Waals surface area (Å²) in [5.41, 5.74) is 15.8. The van der Waals surface area contributed by atoms with Crippen molar-refractivity contribution in [3.63, 3.8) is 0 Å². The van der Waals surface area contributed by atoms with Crippen molar-refractivity contribution in [3.05, 3.63) is 155 Å². The molecule has 1 heterocycles. The van der Waals surface area contributed by atoms with Gasteiger partial charge in [0.1, 0.15) is 0 Å². The van der Waals surface area contributed by atoms with E-state index in [1.807, 2.05) is 0 Å². The van der Waals surface area contributed by atoms with E-state index < -0.39 is 40.7 Å². The molecule has 1 fully saturated rings. The molecule has 2 aliphatic carbocycles. The van der Waals surface area contributed by atoms with Crippen LogP contribution in [0.5, 0.6) is 0 Å². The molecule has 2 atom stereocenters. The predicted octanol–water partition coefficient (Wildman–Crippen LogP) is 15.5. The van der Waals surface area contributed by atoms with E-state index in [0.717, 1.165) is 7.35 Å². The Bertz CT molecular complexity index is 2280. The van der Waals surface area contributed by atoms with Crippen LogP contribution in [0, 0.1) is 0 Å². The van der Waals surface area contributed by atoms with Crippen molar-refractivity contribution in [1.82, 2.24) is 0 Å². The van der Waals surface area contributed by atoms with Crippen molar-refractivity contribution >= 4 is 36.1 Å². The number of hydrogen-bond donors (Lipinski definition) is 0. The van der Waals surface area contributed by atoms with Gasteiger partial charge in [-0.05, 0) is 0 Å². The van der Waals surface area contributed by atoms with Crippen LogP contribution in [0.2, 0.25) is 30.8 Å². The van der Waals surface area contributed by atoms with Gasteiger partial charge in [0.25, 0.3) is 0 Å². The summed E-state index contributed by atoms with van der Waals surface area (Å²) in [6.45, 7) is 4.93. The number of benzene rings is 6. The fourth-order valence-corrected chi connectivity index (χ4v) is 278. The average molecular weight is 1040 g/mol. The summed E-state index contributed by atoms with van der Waals surface area (Å²) in [6.07, 6.45) is 10.7. The van der Waals surface area contributed by atoms with E-state index >= 15 is 0 Å². The Balaban J connectivity index is 1.18. The molecule has 0 amide bonds. The molecule has 1 saturated heterocycles. The summed E-state index contributed by atoms with van der Waals surface area (Å²) in [5.74, 6) is 0. The van der Waals surface area contributed by atoms with Gasteiger partial charge in [-0.3, -0.25) is 0 Å². The van der Waals surface area contributed by atoms with E-state index in [9.17, 15) is 0 Å². The van der Waals surface area contributed by atoms with Crippen molar-refractivity contribution in [3.8, 4) is 22.3 Å². The zero-order valence-electron chi connectivity index (χ0n) is 32.6. The predicted molar refractivity (Wildman–Crippen MR) is 229 cm³/mol. The number of fused-ring (bicyclic) bond motifs is 4. The van der Waals surface area contributed by atoms with Crippen LogP contribution >= 0.6 is 0 Å². The maximum atomic E-state index is 3.01. The third-order valence-corrected chi connectivity index (χ3v) is 220. The Hall–Kier alpha value is -2.72. The first-order valence-corrected chi connectivity index (χ1v) is 52.1. The SMILES string of the molecule is CCC1=Cc2c(-c3cccc4ccccc34)cccc2[CH]1[Hf]([CH3])([CH3])[Si]1([Hf]([CH3])([CH3])[CH]2C(CC)=Cc3c(-c4cccc5ccccc45)cccc32)CCCC1. The first-order valence-electron chi connectivity index (χ1n) is 20.3. The van der Waals surface area contributed by atoms with Gasteiger partial charge in [0, 0.05) is 0 Å². The standard InChI is InChI=1S/2C21H17.C4H8Si.4CH3.2Hf/c2*1-2-15-13-17-9-6-12-20(21(17)14-15)19-11-5-8-16-7-3-4-10-18(16)19;1-2-4-5-3-1;;;;;;/h2*3-14H,2H2,1H3;1-4H2;4*1H3;;. The van der Waals surface area contributed by atoms with Gasteiger partial charge < -0.3 is 0 Å². The summed E-state index contributed by atoms with van der Waals surface area (Å²) in [6, 6.07) is 49.8. The number of hydrogen-bond acceptors (Lipinski definition) is 0. The molecule has 1 aliphatic heterocycles. The first-order chi connectivity index (χ1) is 25.7. The molecule has 3 heteroatoms. The molecule has 266 valence electrons. The molecule has 53 heavy (non-hydrogen) atoms. The minimum atomic E-state index is -3.10. The molecule has 9 rings (SSSR count). The van der Waals surface area contributed by atoms with Crippen molar-refractivity contribution in [2.75, 3.05) is 0 Å². The second-order valence-corrected chi connectivity index (χ2v) is 111. The zero-order chi connectivity index (χ0) is 36.5. The van der Waals surface area contributed by atoms with Crippen LogP contribution in [-0.4, -0.2) is 2.45 Å². The van der Waals surface area contributed by atoms with E-state index in [4.69, 9.17) is 0 Å².